The molecule has 1 aromatic carbocycles. The smallest absolute Gasteiger partial charge is 0.132 e. The Labute approximate surface area is 116 Å². The summed E-state index contributed by atoms with van der Waals surface area (Å²) in [6, 6.07) is 1.96. The molecule has 1 N–H and O–H groups in total. The van der Waals surface area contributed by atoms with E-state index >= 15 is 0 Å². The number of fused-ring (bicyclic) bond motifs is 1. The summed E-state index contributed by atoms with van der Waals surface area (Å²) < 4.78 is 8.40. The fourth-order valence-electron chi connectivity index (χ4n) is 1.23. The lowest BCUT2D eigenvalue weighted by Gasteiger charge is -2.04. The molecule has 0 fully saturated rings. The lowest BCUT2D eigenvalue weighted by Crippen LogP contribution is -1.87. The number of halogens is 3. The lowest BCUT2D eigenvalue weighted by atomic mass is 10.2. The standard InChI is InChI=1S/C8H5BrI2N2O/c1-14-4-2-3(9)6(10)7-5(4)8(11)13-12-7/h2H,1H3,(H,12,13). The van der Waals surface area contributed by atoms with Crippen LogP contribution in [0.3, 0.4) is 0 Å². The van der Waals surface area contributed by atoms with E-state index in [0.717, 1.165) is 28.4 Å². The molecular formula is C8H5BrI2N2O. The van der Waals surface area contributed by atoms with Gasteiger partial charge in [0, 0.05) is 4.47 Å². The SMILES string of the molecule is COc1cc(Br)c(I)c2n[nH]c(I)c12. The van der Waals surface area contributed by atoms with Crippen molar-refractivity contribution in [3.63, 3.8) is 0 Å². The van der Waals surface area contributed by atoms with Crippen molar-refractivity contribution in [2.45, 2.75) is 0 Å². The van der Waals surface area contributed by atoms with Crippen LogP contribution in [0, 0.1) is 7.27 Å². The van der Waals surface area contributed by atoms with Crippen molar-refractivity contribution in [2.75, 3.05) is 7.11 Å². The summed E-state index contributed by atoms with van der Waals surface area (Å²) >= 11 is 7.95. The maximum absolute atomic E-state index is 5.30. The highest BCUT2D eigenvalue weighted by molar-refractivity contribution is 14.1. The quantitative estimate of drug-likeness (QED) is 0.637. The summed E-state index contributed by atoms with van der Waals surface area (Å²) in [5, 5.41) is 8.23. The largest absolute Gasteiger partial charge is 0.496 e. The van der Waals surface area contributed by atoms with Gasteiger partial charge in [0.05, 0.1) is 16.1 Å². The van der Waals surface area contributed by atoms with Gasteiger partial charge >= 0.3 is 0 Å². The Morgan fingerprint density at radius 3 is 2.86 bits per heavy atom. The molecule has 2 rings (SSSR count). The van der Waals surface area contributed by atoms with Crippen molar-refractivity contribution in [1.82, 2.24) is 10.2 Å². The summed E-state index contributed by atoms with van der Waals surface area (Å²) in [6.45, 7) is 0. The Balaban J connectivity index is 2.92. The minimum absolute atomic E-state index is 0.838. The van der Waals surface area contributed by atoms with Crippen LogP contribution in [0.5, 0.6) is 5.75 Å². The topological polar surface area (TPSA) is 37.9 Å². The third kappa shape index (κ3) is 1.64. The monoisotopic (exact) mass is 478 g/mol. The van der Waals surface area contributed by atoms with Gasteiger partial charge in [0.1, 0.15) is 15.0 Å². The molecule has 14 heavy (non-hydrogen) atoms. The van der Waals surface area contributed by atoms with Crippen LogP contribution in [-0.4, -0.2) is 17.3 Å². The fraction of sp³-hybridized carbons (Fsp3) is 0.125. The Morgan fingerprint density at radius 1 is 1.50 bits per heavy atom. The molecule has 1 aromatic heterocycles. The second-order valence-corrected chi connectivity index (χ2v) is 5.65. The molecule has 1 heterocycles. The van der Waals surface area contributed by atoms with Gasteiger partial charge in [0.25, 0.3) is 0 Å². The third-order valence-electron chi connectivity index (χ3n) is 1.86. The van der Waals surface area contributed by atoms with E-state index in [1.54, 1.807) is 7.11 Å². The summed E-state index contributed by atoms with van der Waals surface area (Å²) in [4.78, 5) is 0. The van der Waals surface area contributed by atoms with Crippen LogP contribution < -0.4 is 4.74 Å². The number of rotatable bonds is 1. The van der Waals surface area contributed by atoms with Gasteiger partial charge in [-0.1, -0.05) is 0 Å². The maximum Gasteiger partial charge on any atom is 0.132 e. The van der Waals surface area contributed by atoms with Crippen molar-refractivity contribution in [1.29, 1.82) is 0 Å². The first-order valence-corrected chi connectivity index (χ1v) is 6.65. The predicted molar refractivity (Wildman–Crippen MR) is 75.8 cm³/mol. The highest BCUT2D eigenvalue weighted by Gasteiger charge is 2.14. The van der Waals surface area contributed by atoms with Gasteiger partial charge in [0.2, 0.25) is 0 Å². The number of methoxy groups -OCH3 is 1. The minimum atomic E-state index is 0.838. The number of H-pyrrole nitrogens is 1. The molecule has 0 unspecified atom stereocenters. The van der Waals surface area contributed by atoms with Gasteiger partial charge < -0.3 is 4.74 Å². The fourth-order valence-corrected chi connectivity index (χ4v) is 2.81. The van der Waals surface area contributed by atoms with Crippen molar-refractivity contribution < 1.29 is 4.74 Å². The molecule has 0 amide bonds. The van der Waals surface area contributed by atoms with Crippen molar-refractivity contribution in [2.24, 2.45) is 0 Å². The van der Waals surface area contributed by atoms with Crippen LogP contribution in [0.1, 0.15) is 0 Å². The van der Waals surface area contributed by atoms with E-state index in [-0.39, 0.29) is 0 Å². The Bertz CT molecular complexity index is 498. The zero-order valence-electron chi connectivity index (χ0n) is 7.07. The van der Waals surface area contributed by atoms with Crippen molar-refractivity contribution >= 4 is 72.0 Å². The number of aromatic amines is 1. The molecule has 0 atom stereocenters. The minimum Gasteiger partial charge on any atom is -0.496 e. The molecule has 2 aromatic rings. The Hall–Kier alpha value is 0.430. The second-order valence-electron chi connectivity index (χ2n) is 2.64. The summed E-state index contributed by atoms with van der Waals surface area (Å²) in [5.41, 5.74) is 0.946. The van der Waals surface area contributed by atoms with Crippen LogP contribution in [0.4, 0.5) is 0 Å². The molecule has 0 saturated carbocycles. The van der Waals surface area contributed by atoms with E-state index in [9.17, 15) is 0 Å². The van der Waals surface area contributed by atoms with Crippen LogP contribution >= 0.6 is 61.1 Å². The Morgan fingerprint density at radius 2 is 2.21 bits per heavy atom. The van der Waals surface area contributed by atoms with Gasteiger partial charge in [0.15, 0.2) is 0 Å². The van der Waals surface area contributed by atoms with E-state index in [4.69, 9.17) is 4.74 Å². The zero-order valence-corrected chi connectivity index (χ0v) is 13.0. The van der Waals surface area contributed by atoms with Crippen LogP contribution in [0.2, 0.25) is 0 Å². The number of nitrogens with zero attached hydrogens (tertiary/aromatic N) is 1. The highest BCUT2D eigenvalue weighted by Crippen LogP contribution is 2.36. The van der Waals surface area contributed by atoms with Gasteiger partial charge in [-0.05, 0) is 67.2 Å². The van der Waals surface area contributed by atoms with Crippen LogP contribution in [-0.2, 0) is 0 Å². The average Bonchev–Trinajstić information content (AvgIpc) is 2.55. The first-order chi connectivity index (χ1) is 6.65. The molecule has 6 heteroatoms. The van der Waals surface area contributed by atoms with Gasteiger partial charge in [-0.2, -0.15) is 5.10 Å². The zero-order chi connectivity index (χ0) is 10.3. The van der Waals surface area contributed by atoms with E-state index < -0.39 is 0 Å². The lowest BCUT2D eigenvalue weighted by molar-refractivity contribution is 0.419. The summed E-state index contributed by atoms with van der Waals surface area (Å²) in [6.07, 6.45) is 0. The molecule has 0 aliphatic heterocycles. The van der Waals surface area contributed by atoms with Gasteiger partial charge in [-0.25, -0.2) is 0 Å². The third-order valence-corrected chi connectivity index (χ3v) is 5.10. The molecular weight excluding hydrogens is 474 g/mol. The van der Waals surface area contributed by atoms with E-state index in [0.29, 0.717) is 0 Å². The molecule has 74 valence electrons. The number of nitrogens with one attached hydrogen (secondary N) is 1. The predicted octanol–water partition coefficient (Wildman–Crippen LogP) is 3.54. The second kappa shape index (κ2) is 4.12. The van der Waals surface area contributed by atoms with Gasteiger partial charge in [-0.3, -0.25) is 5.10 Å². The molecule has 3 nitrogen and oxygen atoms in total. The molecule has 0 saturated heterocycles. The number of benzene rings is 1. The van der Waals surface area contributed by atoms with E-state index in [1.165, 1.54) is 0 Å². The highest BCUT2D eigenvalue weighted by atomic mass is 127. The first-order valence-electron chi connectivity index (χ1n) is 3.70. The van der Waals surface area contributed by atoms with Crippen LogP contribution in [0.25, 0.3) is 10.9 Å². The van der Waals surface area contributed by atoms with Gasteiger partial charge in [-0.15, -0.1) is 0 Å². The first kappa shape index (κ1) is 10.9. The number of ether oxygens (including phenoxy) is 1. The maximum atomic E-state index is 5.30. The van der Waals surface area contributed by atoms with Crippen LogP contribution in [0.15, 0.2) is 10.5 Å². The average molecular weight is 479 g/mol. The van der Waals surface area contributed by atoms with E-state index in [2.05, 4.69) is 71.3 Å². The van der Waals surface area contributed by atoms with E-state index in [1.807, 2.05) is 6.07 Å². The molecule has 0 spiro atoms. The number of hydrogen-bond donors (Lipinski definition) is 1. The Kier molecular flexibility index (Phi) is 3.22. The summed E-state index contributed by atoms with van der Waals surface area (Å²) in [5.74, 6) is 0.838. The molecule has 0 bridgehead atoms. The number of aromatic nitrogens is 2. The molecule has 0 aliphatic rings. The molecule has 0 aliphatic carbocycles. The van der Waals surface area contributed by atoms with Crippen molar-refractivity contribution in [3.05, 3.63) is 17.8 Å². The molecule has 0 radical (unpaired) electrons. The normalized spacial score (nSPS) is 10.9. The number of hydrogen-bond acceptors (Lipinski definition) is 2. The van der Waals surface area contributed by atoms with Crippen molar-refractivity contribution in [3.8, 4) is 5.75 Å². The summed E-state index contributed by atoms with van der Waals surface area (Å²) in [7, 11) is 1.66.